The van der Waals surface area contributed by atoms with Crippen molar-refractivity contribution in [3.63, 3.8) is 0 Å². The number of nitrogens with zero attached hydrogens (tertiary/aromatic N) is 1. The minimum atomic E-state index is -0.298. The molecular formula is C15H11Cl2N3O2. The first kappa shape index (κ1) is 14.7. The third-order valence-corrected chi connectivity index (χ3v) is 3.64. The molecule has 5 nitrogen and oxygen atoms in total. The number of aromatic amines is 1. The maximum Gasteiger partial charge on any atom is 0.255 e. The number of benzene rings is 2. The first-order valence-corrected chi connectivity index (χ1v) is 7.11. The maximum atomic E-state index is 12.4. The van der Waals surface area contributed by atoms with Crippen molar-refractivity contribution < 1.29 is 9.53 Å². The highest BCUT2D eigenvalue weighted by molar-refractivity contribution is 6.36. The number of anilines is 1. The van der Waals surface area contributed by atoms with Gasteiger partial charge in [0.2, 0.25) is 0 Å². The predicted molar refractivity (Wildman–Crippen MR) is 87.1 cm³/mol. The molecule has 1 amide bonds. The van der Waals surface area contributed by atoms with Crippen molar-refractivity contribution in [3.05, 3.63) is 52.3 Å². The van der Waals surface area contributed by atoms with Gasteiger partial charge in [-0.3, -0.25) is 4.79 Å². The Morgan fingerprint density at radius 3 is 2.86 bits per heavy atom. The number of amides is 1. The third kappa shape index (κ3) is 2.73. The zero-order chi connectivity index (χ0) is 15.7. The first-order chi connectivity index (χ1) is 10.6. The normalized spacial score (nSPS) is 10.7. The number of carbonyl (C=O) groups is 1. The molecular weight excluding hydrogens is 325 g/mol. The third-order valence-electron chi connectivity index (χ3n) is 3.14. The number of hydrogen-bond donors (Lipinski definition) is 2. The predicted octanol–water partition coefficient (Wildman–Crippen LogP) is 4.13. The van der Waals surface area contributed by atoms with Crippen LogP contribution in [-0.2, 0) is 0 Å². The molecule has 7 heteroatoms. The van der Waals surface area contributed by atoms with Gasteiger partial charge < -0.3 is 15.0 Å². The van der Waals surface area contributed by atoms with Crippen molar-refractivity contribution in [2.45, 2.75) is 0 Å². The van der Waals surface area contributed by atoms with Crippen LogP contribution in [0.3, 0.4) is 0 Å². The molecule has 2 aromatic carbocycles. The van der Waals surface area contributed by atoms with Crippen LogP contribution >= 0.6 is 23.2 Å². The van der Waals surface area contributed by atoms with Gasteiger partial charge in [0.05, 0.1) is 35.2 Å². The lowest BCUT2D eigenvalue weighted by Gasteiger charge is -2.12. The summed E-state index contributed by atoms with van der Waals surface area (Å²) in [6.45, 7) is 0. The fourth-order valence-corrected chi connectivity index (χ4v) is 2.70. The van der Waals surface area contributed by atoms with E-state index in [-0.39, 0.29) is 5.91 Å². The van der Waals surface area contributed by atoms with E-state index in [0.717, 1.165) is 11.0 Å². The highest BCUT2D eigenvalue weighted by atomic mass is 35.5. The number of carbonyl (C=O) groups excluding carboxylic acids is 1. The standard InChI is InChI=1S/C15H11Cl2N3O2/c1-22-14-10(17)5-9(16)6-13(14)20-15(21)8-2-3-11-12(4-8)19-7-18-11/h2-7H,1H3,(H,18,19)(H,20,21). The van der Waals surface area contributed by atoms with Crippen molar-refractivity contribution in [2.75, 3.05) is 12.4 Å². The Morgan fingerprint density at radius 2 is 2.09 bits per heavy atom. The van der Waals surface area contributed by atoms with Gasteiger partial charge in [0, 0.05) is 10.6 Å². The molecule has 0 saturated heterocycles. The largest absolute Gasteiger partial charge is 0.493 e. The second-order valence-electron chi connectivity index (χ2n) is 4.56. The summed E-state index contributed by atoms with van der Waals surface area (Å²) in [5.74, 6) is 0.0650. The van der Waals surface area contributed by atoms with Gasteiger partial charge >= 0.3 is 0 Å². The van der Waals surface area contributed by atoms with E-state index in [1.54, 1.807) is 36.7 Å². The summed E-state index contributed by atoms with van der Waals surface area (Å²) in [4.78, 5) is 19.5. The van der Waals surface area contributed by atoms with Crippen LogP contribution in [0.1, 0.15) is 10.4 Å². The topological polar surface area (TPSA) is 67.0 Å². The second kappa shape index (κ2) is 5.87. The van der Waals surface area contributed by atoms with E-state index in [0.29, 0.717) is 27.0 Å². The lowest BCUT2D eigenvalue weighted by atomic mass is 10.2. The number of nitrogens with one attached hydrogen (secondary N) is 2. The highest BCUT2D eigenvalue weighted by Crippen LogP contribution is 2.36. The van der Waals surface area contributed by atoms with Crippen LogP contribution < -0.4 is 10.1 Å². The summed E-state index contributed by atoms with van der Waals surface area (Å²) in [6, 6.07) is 8.31. The van der Waals surface area contributed by atoms with Crippen LogP contribution in [0.15, 0.2) is 36.7 Å². The summed E-state index contributed by atoms with van der Waals surface area (Å²) in [5.41, 5.74) is 2.47. The van der Waals surface area contributed by atoms with E-state index in [2.05, 4.69) is 15.3 Å². The molecule has 0 aliphatic carbocycles. The number of ether oxygens (including phenoxy) is 1. The Kier molecular flexibility index (Phi) is 3.92. The van der Waals surface area contributed by atoms with E-state index in [4.69, 9.17) is 27.9 Å². The van der Waals surface area contributed by atoms with E-state index >= 15 is 0 Å². The molecule has 0 atom stereocenters. The summed E-state index contributed by atoms with van der Waals surface area (Å²) < 4.78 is 5.20. The van der Waals surface area contributed by atoms with Crippen molar-refractivity contribution in [1.82, 2.24) is 9.97 Å². The number of rotatable bonds is 3. The van der Waals surface area contributed by atoms with Gasteiger partial charge in [-0.05, 0) is 30.3 Å². The number of aromatic nitrogens is 2. The molecule has 1 heterocycles. The van der Waals surface area contributed by atoms with Gasteiger partial charge in [-0.15, -0.1) is 0 Å². The molecule has 0 aliphatic rings. The molecule has 2 N–H and O–H groups in total. The lowest BCUT2D eigenvalue weighted by Crippen LogP contribution is -2.12. The van der Waals surface area contributed by atoms with Crippen molar-refractivity contribution in [2.24, 2.45) is 0 Å². The molecule has 3 aromatic rings. The minimum absolute atomic E-state index is 0.298. The smallest absolute Gasteiger partial charge is 0.255 e. The molecule has 1 aromatic heterocycles. The maximum absolute atomic E-state index is 12.4. The van der Waals surface area contributed by atoms with Crippen LogP contribution in [0, 0.1) is 0 Å². The molecule has 3 rings (SSSR count). The van der Waals surface area contributed by atoms with Gasteiger partial charge in [-0.1, -0.05) is 23.2 Å². The van der Waals surface area contributed by atoms with Gasteiger partial charge in [0.15, 0.2) is 5.75 Å². The fourth-order valence-electron chi connectivity index (χ4n) is 2.13. The minimum Gasteiger partial charge on any atom is -0.493 e. The van der Waals surface area contributed by atoms with Crippen LogP contribution in [-0.4, -0.2) is 23.0 Å². The zero-order valence-electron chi connectivity index (χ0n) is 11.5. The summed E-state index contributed by atoms with van der Waals surface area (Å²) in [6.07, 6.45) is 1.58. The Hall–Kier alpha value is -2.24. The van der Waals surface area contributed by atoms with Crippen LogP contribution in [0.4, 0.5) is 5.69 Å². The zero-order valence-corrected chi connectivity index (χ0v) is 13.0. The average molecular weight is 336 g/mol. The quantitative estimate of drug-likeness (QED) is 0.756. The monoisotopic (exact) mass is 335 g/mol. The Morgan fingerprint density at radius 1 is 1.27 bits per heavy atom. The molecule has 112 valence electrons. The molecule has 22 heavy (non-hydrogen) atoms. The fraction of sp³-hybridized carbons (Fsp3) is 0.0667. The summed E-state index contributed by atoms with van der Waals surface area (Å²) in [7, 11) is 1.47. The molecule has 0 spiro atoms. The van der Waals surface area contributed by atoms with E-state index in [9.17, 15) is 4.79 Å². The van der Waals surface area contributed by atoms with Crippen molar-refractivity contribution >= 4 is 45.8 Å². The molecule has 0 aliphatic heterocycles. The number of H-pyrrole nitrogens is 1. The lowest BCUT2D eigenvalue weighted by molar-refractivity contribution is 0.102. The molecule has 0 fully saturated rings. The van der Waals surface area contributed by atoms with Crippen LogP contribution in [0.5, 0.6) is 5.75 Å². The molecule has 0 saturated carbocycles. The van der Waals surface area contributed by atoms with Gasteiger partial charge in [-0.25, -0.2) is 4.98 Å². The van der Waals surface area contributed by atoms with E-state index in [1.807, 2.05) is 0 Å². The summed E-state index contributed by atoms with van der Waals surface area (Å²) >= 11 is 12.0. The number of hydrogen-bond acceptors (Lipinski definition) is 3. The van der Waals surface area contributed by atoms with Gasteiger partial charge in [-0.2, -0.15) is 0 Å². The average Bonchev–Trinajstić information content (AvgIpc) is 2.94. The summed E-state index contributed by atoms with van der Waals surface area (Å²) in [5, 5.41) is 3.48. The molecule has 0 radical (unpaired) electrons. The Balaban J connectivity index is 1.93. The second-order valence-corrected chi connectivity index (χ2v) is 5.40. The molecule has 0 unspecified atom stereocenters. The van der Waals surface area contributed by atoms with Gasteiger partial charge in [0.1, 0.15) is 0 Å². The van der Waals surface area contributed by atoms with Crippen molar-refractivity contribution in [3.8, 4) is 5.75 Å². The van der Waals surface area contributed by atoms with E-state index in [1.165, 1.54) is 7.11 Å². The first-order valence-electron chi connectivity index (χ1n) is 6.36. The van der Waals surface area contributed by atoms with Crippen molar-refractivity contribution in [1.29, 1.82) is 0 Å². The van der Waals surface area contributed by atoms with Crippen LogP contribution in [0.2, 0.25) is 10.0 Å². The number of halogens is 2. The molecule has 0 bridgehead atoms. The number of fused-ring (bicyclic) bond motifs is 1. The van der Waals surface area contributed by atoms with Crippen LogP contribution in [0.25, 0.3) is 11.0 Å². The van der Waals surface area contributed by atoms with E-state index < -0.39 is 0 Å². The SMILES string of the molecule is COc1c(Cl)cc(Cl)cc1NC(=O)c1ccc2nc[nH]c2c1. The Labute approximate surface area is 136 Å². The number of methoxy groups -OCH3 is 1. The highest BCUT2D eigenvalue weighted by Gasteiger charge is 2.14. The number of imidazole rings is 1. The van der Waals surface area contributed by atoms with Gasteiger partial charge in [0.25, 0.3) is 5.91 Å². The Bertz CT molecular complexity index is 861.